The van der Waals surface area contributed by atoms with Crippen molar-refractivity contribution in [3.63, 3.8) is 0 Å². The second kappa shape index (κ2) is 10.3. The summed E-state index contributed by atoms with van der Waals surface area (Å²) in [4.78, 5) is 24.0. The highest BCUT2D eigenvalue weighted by atomic mass is 19.4. The number of hydrogen-bond acceptors (Lipinski definition) is 4. The van der Waals surface area contributed by atoms with E-state index in [1.807, 2.05) is 0 Å². The van der Waals surface area contributed by atoms with Gasteiger partial charge in [0.1, 0.15) is 12.4 Å². The number of alkyl halides is 3. The number of ether oxygens (including phenoxy) is 2. The Hall–Kier alpha value is -3.55. The van der Waals surface area contributed by atoms with Crippen LogP contribution in [0.4, 0.5) is 18.9 Å². The Balaban J connectivity index is 1.86. The van der Waals surface area contributed by atoms with Gasteiger partial charge >= 0.3 is 12.1 Å². The normalized spacial score (nSPS) is 12.3. The van der Waals surface area contributed by atoms with Gasteiger partial charge in [0.15, 0.2) is 6.10 Å². The van der Waals surface area contributed by atoms with Crippen LogP contribution in [0.1, 0.15) is 18.1 Å². The van der Waals surface area contributed by atoms with Crippen molar-refractivity contribution in [1.29, 1.82) is 0 Å². The molecule has 0 saturated heterocycles. The maximum atomic E-state index is 12.6. The number of nitrogens with one attached hydrogen (secondary N) is 1. The number of rotatable bonds is 8. The molecule has 158 valence electrons. The lowest BCUT2D eigenvalue weighted by Crippen LogP contribution is -2.29. The van der Waals surface area contributed by atoms with Gasteiger partial charge < -0.3 is 14.8 Å². The number of carbonyl (C=O) groups excluding carboxylic acids is 2. The lowest BCUT2D eigenvalue weighted by atomic mass is 10.2. The van der Waals surface area contributed by atoms with E-state index < -0.39 is 29.7 Å². The zero-order valence-electron chi connectivity index (χ0n) is 16.1. The van der Waals surface area contributed by atoms with E-state index in [2.05, 4.69) is 11.9 Å². The third kappa shape index (κ3) is 7.12. The van der Waals surface area contributed by atoms with Crippen LogP contribution in [-0.2, 0) is 20.5 Å². The minimum Gasteiger partial charge on any atom is -0.490 e. The molecule has 1 atom stereocenters. The number of halogens is 3. The molecule has 2 aromatic rings. The number of hydrogen-bond donors (Lipinski definition) is 1. The molecule has 0 spiro atoms. The van der Waals surface area contributed by atoms with Crippen LogP contribution in [0, 0.1) is 0 Å². The third-order valence-electron chi connectivity index (χ3n) is 3.80. The van der Waals surface area contributed by atoms with E-state index in [0.29, 0.717) is 12.4 Å². The molecule has 0 aromatic heterocycles. The van der Waals surface area contributed by atoms with Gasteiger partial charge in [0.25, 0.3) is 5.91 Å². The number of carbonyl (C=O) groups is 2. The first-order valence-corrected chi connectivity index (χ1v) is 8.89. The molecule has 0 aliphatic carbocycles. The first-order chi connectivity index (χ1) is 14.2. The maximum Gasteiger partial charge on any atom is 0.416 e. The molecule has 0 fully saturated rings. The zero-order chi connectivity index (χ0) is 22.1. The van der Waals surface area contributed by atoms with Crippen LogP contribution < -0.4 is 10.1 Å². The van der Waals surface area contributed by atoms with Crippen LogP contribution in [-0.4, -0.2) is 24.6 Å². The quantitative estimate of drug-likeness (QED) is 0.377. The molecule has 1 N–H and O–H groups in total. The lowest BCUT2D eigenvalue weighted by molar-refractivity contribution is -0.148. The van der Waals surface area contributed by atoms with E-state index >= 15 is 0 Å². The summed E-state index contributed by atoms with van der Waals surface area (Å²) in [6, 6.07) is 10.9. The Morgan fingerprint density at radius 2 is 1.73 bits per heavy atom. The van der Waals surface area contributed by atoms with Crippen molar-refractivity contribution in [2.24, 2.45) is 0 Å². The molecule has 0 aliphatic heterocycles. The first kappa shape index (κ1) is 22.7. The fourth-order valence-electron chi connectivity index (χ4n) is 2.25. The molecule has 8 heteroatoms. The average Bonchev–Trinajstić information content (AvgIpc) is 2.71. The summed E-state index contributed by atoms with van der Waals surface area (Å²) in [6.45, 7) is 5.30. The van der Waals surface area contributed by atoms with Crippen molar-refractivity contribution in [2.75, 3.05) is 11.9 Å². The minimum atomic E-state index is -4.46. The first-order valence-electron chi connectivity index (χ1n) is 8.89. The maximum absolute atomic E-state index is 12.6. The number of amides is 1. The van der Waals surface area contributed by atoms with Crippen LogP contribution >= 0.6 is 0 Å². The Labute approximate surface area is 171 Å². The Kier molecular flexibility index (Phi) is 7.80. The lowest BCUT2D eigenvalue weighted by Gasteiger charge is -2.13. The summed E-state index contributed by atoms with van der Waals surface area (Å²) in [7, 11) is 0. The molecule has 2 rings (SSSR count). The van der Waals surface area contributed by atoms with Gasteiger partial charge in [-0.3, -0.25) is 4.79 Å². The Morgan fingerprint density at radius 1 is 1.10 bits per heavy atom. The number of benzene rings is 2. The molecule has 0 bridgehead atoms. The Morgan fingerprint density at radius 3 is 2.30 bits per heavy atom. The predicted molar refractivity (Wildman–Crippen MR) is 107 cm³/mol. The molecule has 5 nitrogen and oxygen atoms in total. The summed E-state index contributed by atoms with van der Waals surface area (Å²) < 4.78 is 48.0. The molecular formula is C22H20F3NO4. The molecule has 2 aromatic carbocycles. The van der Waals surface area contributed by atoms with Crippen LogP contribution in [0.15, 0.2) is 67.3 Å². The largest absolute Gasteiger partial charge is 0.490 e. The van der Waals surface area contributed by atoms with Gasteiger partial charge in [0.2, 0.25) is 0 Å². The number of esters is 1. The van der Waals surface area contributed by atoms with Gasteiger partial charge in [0, 0.05) is 11.8 Å². The minimum absolute atomic E-state index is 0.158. The summed E-state index contributed by atoms with van der Waals surface area (Å²) in [5.74, 6) is -0.750. The van der Waals surface area contributed by atoms with Gasteiger partial charge in [-0.1, -0.05) is 24.8 Å². The van der Waals surface area contributed by atoms with E-state index in [4.69, 9.17) is 9.47 Å². The molecule has 0 aliphatic rings. The van der Waals surface area contributed by atoms with E-state index in [1.54, 1.807) is 30.3 Å². The number of anilines is 1. The fraction of sp³-hybridized carbons (Fsp3) is 0.182. The molecule has 30 heavy (non-hydrogen) atoms. The van der Waals surface area contributed by atoms with Gasteiger partial charge in [-0.05, 0) is 55.0 Å². The smallest absolute Gasteiger partial charge is 0.416 e. The van der Waals surface area contributed by atoms with Crippen molar-refractivity contribution < 1.29 is 32.2 Å². The zero-order valence-corrected chi connectivity index (χ0v) is 16.1. The van der Waals surface area contributed by atoms with Crippen molar-refractivity contribution >= 4 is 23.6 Å². The Bertz CT molecular complexity index is 903. The molecule has 0 saturated carbocycles. The second-order valence-corrected chi connectivity index (χ2v) is 6.15. The highest BCUT2D eigenvalue weighted by Crippen LogP contribution is 2.29. The van der Waals surface area contributed by atoms with Crippen molar-refractivity contribution in [1.82, 2.24) is 0 Å². The van der Waals surface area contributed by atoms with E-state index in [0.717, 1.165) is 29.8 Å². The van der Waals surface area contributed by atoms with Crippen LogP contribution in [0.25, 0.3) is 6.08 Å². The topological polar surface area (TPSA) is 64.6 Å². The molecule has 0 heterocycles. The molecule has 1 amide bonds. The van der Waals surface area contributed by atoms with Gasteiger partial charge in [0.05, 0.1) is 5.56 Å². The van der Waals surface area contributed by atoms with Gasteiger partial charge in [-0.2, -0.15) is 13.2 Å². The fourth-order valence-corrected chi connectivity index (χ4v) is 2.25. The summed E-state index contributed by atoms with van der Waals surface area (Å²) in [6.07, 6.45) is -1.30. The van der Waals surface area contributed by atoms with Gasteiger partial charge in [-0.15, -0.1) is 0 Å². The van der Waals surface area contributed by atoms with Crippen molar-refractivity contribution in [2.45, 2.75) is 19.2 Å². The summed E-state index contributed by atoms with van der Waals surface area (Å²) >= 11 is 0. The standard InChI is InChI=1S/C22H20F3NO4/c1-3-14-29-19-11-4-16(5-12-19)6-13-20(27)30-15(2)21(28)26-18-9-7-17(8-10-18)22(23,24)25/h3-13,15H,1,14H2,2H3,(H,26,28)/b13-6+/t15-/m1/s1. The summed E-state index contributed by atoms with van der Waals surface area (Å²) in [5.41, 5.74) is 0.0513. The average molecular weight is 419 g/mol. The van der Waals surface area contributed by atoms with Crippen LogP contribution in [0.3, 0.4) is 0 Å². The van der Waals surface area contributed by atoms with Gasteiger partial charge in [-0.25, -0.2) is 4.79 Å². The van der Waals surface area contributed by atoms with Crippen LogP contribution in [0.2, 0.25) is 0 Å². The molecular weight excluding hydrogens is 399 g/mol. The predicted octanol–water partition coefficient (Wildman–Crippen LogP) is 4.85. The SMILES string of the molecule is C=CCOc1ccc(/C=C/C(=O)O[C@H](C)C(=O)Nc2ccc(C(F)(F)F)cc2)cc1. The van der Waals surface area contributed by atoms with E-state index in [-0.39, 0.29) is 5.69 Å². The highest BCUT2D eigenvalue weighted by molar-refractivity contribution is 5.96. The molecule has 0 radical (unpaired) electrons. The van der Waals surface area contributed by atoms with Crippen molar-refractivity contribution in [3.05, 3.63) is 78.4 Å². The summed E-state index contributed by atoms with van der Waals surface area (Å²) in [5, 5.41) is 2.39. The van der Waals surface area contributed by atoms with Crippen LogP contribution in [0.5, 0.6) is 5.75 Å². The van der Waals surface area contributed by atoms with E-state index in [1.165, 1.54) is 19.1 Å². The van der Waals surface area contributed by atoms with Crippen molar-refractivity contribution in [3.8, 4) is 5.75 Å². The second-order valence-electron chi connectivity index (χ2n) is 6.15. The molecule has 0 unspecified atom stereocenters. The van der Waals surface area contributed by atoms with E-state index in [9.17, 15) is 22.8 Å². The monoisotopic (exact) mass is 419 g/mol. The highest BCUT2D eigenvalue weighted by Gasteiger charge is 2.30. The third-order valence-corrected chi connectivity index (χ3v) is 3.80.